The molecule has 0 heterocycles. The van der Waals surface area contributed by atoms with Crippen LogP contribution in [0.5, 0.6) is 5.75 Å². The summed E-state index contributed by atoms with van der Waals surface area (Å²) in [6.45, 7) is -0.697. The highest BCUT2D eigenvalue weighted by molar-refractivity contribution is 5.78. The molecule has 0 spiro atoms. The lowest BCUT2D eigenvalue weighted by Crippen LogP contribution is -2.34. The van der Waals surface area contributed by atoms with Crippen LogP contribution >= 0.6 is 0 Å². The predicted octanol–water partition coefficient (Wildman–Crippen LogP) is 5.30. The number of carbonyl (C=O) groups is 1. The molecule has 2 aromatic carbocycles. The van der Waals surface area contributed by atoms with Gasteiger partial charge in [0, 0.05) is 0 Å². The van der Waals surface area contributed by atoms with Gasteiger partial charge in [0.25, 0.3) is 5.91 Å². The Hall–Kier alpha value is -2.71. The Balaban J connectivity index is 1.70. The zero-order valence-corrected chi connectivity index (χ0v) is 15.0. The van der Waals surface area contributed by atoms with Crippen molar-refractivity contribution in [3.8, 4) is 5.75 Å². The average molecular weight is 417 g/mol. The Morgan fingerprint density at radius 2 is 1.62 bits per heavy atom. The molecule has 0 aromatic heterocycles. The van der Waals surface area contributed by atoms with Gasteiger partial charge in [0.05, 0.1) is 17.2 Å². The SMILES string of the molecule is O=C(COc1cc(C(F)(F)F)cc(C(F)(F)F)c1)NC1CCCc2ccccc21. The average Bonchev–Trinajstić information content (AvgIpc) is 2.65. The van der Waals surface area contributed by atoms with E-state index in [1.54, 1.807) is 0 Å². The number of fused-ring (bicyclic) bond motifs is 1. The number of benzene rings is 2. The maximum absolute atomic E-state index is 12.9. The molecule has 156 valence electrons. The molecule has 0 saturated carbocycles. The molecule has 1 atom stereocenters. The van der Waals surface area contributed by atoms with Crippen LogP contribution in [0.15, 0.2) is 42.5 Å². The van der Waals surface area contributed by atoms with Crippen LogP contribution < -0.4 is 10.1 Å². The number of alkyl halides is 6. The highest BCUT2D eigenvalue weighted by Gasteiger charge is 2.37. The van der Waals surface area contributed by atoms with Gasteiger partial charge in [-0.05, 0) is 48.6 Å². The van der Waals surface area contributed by atoms with Crippen LogP contribution in [0.4, 0.5) is 26.3 Å². The molecule has 29 heavy (non-hydrogen) atoms. The van der Waals surface area contributed by atoms with Crippen molar-refractivity contribution in [2.75, 3.05) is 6.61 Å². The van der Waals surface area contributed by atoms with Crippen LogP contribution in [0.2, 0.25) is 0 Å². The van der Waals surface area contributed by atoms with Gasteiger partial charge in [0.15, 0.2) is 6.61 Å². The van der Waals surface area contributed by atoms with Gasteiger partial charge in [-0.25, -0.2) is 0 Å². The molecule has 1 N–H and O–H groups in total. The minimum absolute atomic E-state index is 0.00584. The van der Waals surface area contributed by atoms with E-state index in [9.17, 15) is 31.1 Å². The summed E-state index contributed by atoms with van der Waals surface area (Å²) in [5, 5.41) is 2.73. The third kappa shape index (κ3) is 5.21. The van der Waals surface area contributed by atoms with Crippen LogP contribution in [-0.4, -0.2) is 12.5 Å². The number of amides is 1. The van der Waals surface area contributed by atoms with Gasteiger partial charge in [-0.3, -0.25) is 4.79 Å². The number of aryl methyl sites for hydroxylation is 1. The Morgan fingerprint density at radius 3 is 2.24 bits per heavy atom. The number of hydrogen-bond acceptors (Lipinski definition) is 2. The van der Waals surface area contributed by atoms with E-state index in [0.29, 0.717) is 18.6 Å². The number of rotatable bonds is 4. The first-order chi connectivity index (χ1) is 13.5. The van der Waals surface area contributed by atoms with E-state index in [0.717, 1.165) is 24.0 Å². The Bertz CT molecular complexity index is 859. The molecule has 1 unspecified atom stereocenters. The largest absolute Gasteiger partial charge is 0.484 e. The zero-order valence-electron chi connectivity index (χ0n) is 15.0. The minimum atomic E-state index is -4.98. The molecule has 0 bridgehead atoms. The van der Waals surface area contributed by atoms with Crippen LogP contribution in [-0.2, 0) is 23.6 Å². The molecule has 1 aliphatic rings. The van der Waals surface area contributed by atoms with Crippen LogP contribution in [0.3, 0.4) is 0 Å². The zero-order chi connectivity index (χ0) is 21.2. The van der Waals surface area contributed by atoms with Gasteiger partial charge < -0.3 is 10.1 Å². The first-order valence-electron chi connectivity index (χ1n) is 8.83. The van der Waals surface area contributed by atoms with Crippen molar-refractivity contribution in [2.45, 2.75) is 37.7 Å². The Kier molecular flexibility index (Phi) is 5.77. The van der Waals surface area contributed by atoms with Gasteiger partial charge in [-0.1, -0.05) is 24.3 Å². The normalized spacial score (nSPS) is 16.8. The van der Waals surface area contributed by atoms with Crippen molar-refractivity contribution >= 4 is 5.91 Å². The molecule has 0 saturated heterocycles. The third-order valence-corrected chi connectivity index (χ3v) is 4.64. The fourth-order valence-corrected chi connectivity index (χ4v) is 3.30. The molecule has 1 amide bonds. The number of ether oxygens (including phenoxy) is 1. The lowest BCUT2D eigenvalue weighted by molar-refractivity contribution is -0.143. The number of carbonyl (C=O) groups excluding carboxylic acids is 1. The van der Waals surface area contributed by atoms with Crippen LogP contribution in [0.1, 0.15) is 41.1 Å². The molecular weight excluding hydrogens is 400 g/mol. The highest BCUT2D eigenvalue weighted by Crippen LogP contribution is 2.38. The summed E-state index contributed by atoms with van der Waals surface area (Å²) in [6, 6.07) is 8.17. The van der Waals surface area contributed by atoms with Gasteiger partial charge in [0.1, 0.15) is 5.75 Å². The van der Waals surface area contributed by atoms with Gasteiger partial charge in [-0.15, -0.1) is 0 Å². The van der Waals surface area contributed by atoms with Crippen molar-refractivity contribution in [2.24, 2.45) is 0 Å². The molecule has 0 fully saturated rings. The maximum Gasteiger partial charge on any atom is 0.416 e. The van der Waals surface area contributed by atoms with E-state index in [1.807, 2.05) is 24.3 Å². The van der Waals surface area contributed by atoms with Crippen LogP contribution in [0, 0.1) is 0 Å². The van der Waals surface area contributed by atoms with Crippen molar-refractivity contribution in [1.82, 2.24) is 5.32 Å². The molecule has 3 rings (SSSR count). The van der Waals surface area contributed by atoms with Crippen molar-refractivity contribution in [1.29, 1.82) is 0 Å². The lowest BCUT2D eigenvalue weighted by atomic mass is 9.88. The van der Waals surface area contributed by atoms with Crippen molar-refractivity contribution in [3.05, 3.63) is 64.7 Å². The van der Waals surface area contributed by atoms with E-state index in [2.05, 4.69) is 5.32 Å². The monoisotopic (exact) mass is 417 g/mol. The Labute approximate surface area is 162 Å². The summed E-state index contributed by atoms with van der Waals surface area (Å²) in [4.78, 5) is 12.2. The van der Waals surface area contributed by atoms with Gasteiger partial charge in [0.2, 0.25) is 0 Å². The molecular formula is C20H17F6NO2. The number of halogens is 6. The second-order valence-electron chi connectivity index (χ2n) is 6.74. The molecule has 2 aromatic rings. The number of nitrogens with one attached hydrogen (secondary N) is 1. The molecule has 0 aliphatic heterocycles. The van der Waals surface area contributed by atoms with E-state index in [-0.39, 0.29) is 12.1 Å². The third-order valence-electron chi connectivity index (χ3n) is 4.64. The van der Waals surface area contributed by atoms with Crippen molar-refractivity contribution < 1.29 is 35.9 Å². The van der Waals surface area contributed by atoms with E-state index in [1.165, 1.54) is 0 Å². The van der Waals surface area contributed by atoms with Crippen molar-refractivity contribution in [3.63, 3.8) is 0 Å². The fourth-order valence-electron chi connectivity index (χ4n) is 3.30. The standard InChI is InChI=1S/C20H17F6NO2/c21-19(22,23)13-8-14(20(24,25)26)10-15(9-13)29-11-18(28)27-17-7-3-5-12-4-1-2-6-16(12)17/h1-2,4,6,8-10,17H,3,5,7,11H2,(H,27,28). The minimum Gasteiger partial charge on any atom is -0.484 e. The predicted molar refractivity (Wildman–Crippen MR) is 92.2 cm³/mol. The first-order valence-corrected chi connectivity index (χ1v) is 8.83. The molecule has 0 radical (unpaired) electrons. The first kappa shape index (κ1) is 21.0. The van der Waals surface area contributed by atoms with E-state index >= 15 is 0 Å². The quantitative estimate of drug-likeness (QED) is 0.686. The number of hydrogen-bond donors (Lipinski definition) is 1. The maximum atomic E-state index is 12.9. The van der Waals surface area contributed by atoms with E-state index < -0.39 is 41.7 Å². The fraction of sp³-hybridized carbons (Fsp3) is 0.350. The molecule has 1 aliphatic carbocycles. The highest BCUT2D eigenvalue weighted by atomic mass is 19.4. The molecule has 9 heteroatoms. The smallest absolute Gasteiger partial charge is 0.416 e. The van der Waals surface area contributed by atoms with Crippen LogP contribution in [0.25, 0.3) is 0 Å². The Morgan fingerprint density at radius 1 is 1.00 bits per heavy atom. The lowest BCUT2D eigenvalue weighted by Gasteiger charge is -2.26. The van der Waals surface area contributed by atoms with E-state index in [4.69, 9.17) is 4.74 Å². The topological polar surface area (TPSA) is 38.3 Å². The summed E-state index contributed by atoms with van der Waals surface area (Å²) in [6.07, 6.45) is -7.54. The summed E-state index contributed by atoms with van der Waals surface area (Å²) >= 11 is 0. The summed E-state index contributed by atoms with van der Waals surface area (Å²) in [5.41, 5.74) is -0.948. The van der Waals surface area contributed by atoms with Gasteiger partial charge >= 0.3 is 12.4 Å². The van der Waals surface area contributed by atoms with Gasteiger partial charge in [-0.2, -0.15) is 26.3 Å². The summed E-state index contributed by atoms with van der Waals surface area (Å²) < 4.78 is 82.3. The summed E-state index contributed by atoms with van der Waals surface area (Å²) in [5.74, 6) is -1.30. The second kappa shape index (κ2) is 7.96. The second-order valence-corrected chi connectivity index (χ2v) is 6.74. The molecule has 3 nitrogen and oxygen atoms in total. The summed E-state index contributed by atoms with van der Waals surface area (Å²) in [7, 11) is 0.